The molecule has 4 aromatic carbocycles. The molecule has 0 bridgehead atoms. The van der Waals surface area contributed by atoms with Gasteiger partial charge in [-0.1, -0.05) is 162 Å². The number of rotatable bonds is 20. The van der Waals surface area contributed by atoms with Crippen molar-refractivity contribution in [1.29, 1.82) is 0 Å². The third kappa shape index (κ3) is 11.6. The molecular weight excluding hydrogens is 572 g/mol. The van der Waals surface area contributed by atoms with Crippen molar-refractivity contribution in [2.24, 2.45) is 5.16 Å². The SMILES string of the molecule is CCCCCCCCCCCCCCCCOc1ccc(C(=NOC(=O)Nc2cccc3ccccc23)c2ccccc2)c(O)c1. The lowest BCUT2D eigenvalue weighted by atomic mass is 10.0. The van der Waals surface area contributed by atoms with Crippen LogP contribution in [0, 0.1) is 0 Å². The summed E-state index contributed by atoms with van der Waals surface area (Å²) in [6.07, 6.45) is 17.7. The first-order chi connectivity index (χ1) is 22.7. The highest BCUT2D eigenvalue weighted by molar-refractivity contribution is 6.14. The van der Waals surface area contributed by atoms with Gasteiger partial charge in [0.1, 0.15) is 17.2 Å². The van der Waals surface area contributed by atoms with Gasteiger partial charge in [0.05, 0.1) is 12.3 Å². The molecule has 4 aromatic rings. The van der Waals surface area contributed by atoms with E-state index in [4.69, 9.17) is 9.57 Å². The van der Waals surface area contributed by atoms with Gasteiger partial charge in [0.15, 0.2) is 0 Å². The van der Waals surface area contributed by atoms with Crippen LogP contribution < -0.4 is 10.1 Å². The number of ether oxygens (including phenoxy) is 1. The number of phenols is 1. The van der Waals surface area contributed by atoms with E-state index >= 15 is 0 Å². The second-order valence-electron chi connectivity index (χ2n) is 12.0. The zero-order chi connectivity index (χ0) is 32.2. The van der Waals surface area contributed by atoms with Crippen molar-refractivity contribution < 1.29 is 19.5 Å². The average molecular weight is 623 g/mol. The fourth-order valence-corrected chi connectivity index (χ4v) is 5.70. The molecule has 0 unspecified atom stereocenters. The maximum atomic E-state index is 12.8. The van der Waals surface area contributed by atoms with Gasteiger partial charge >= 0.3 is 6.09 Å². The van der Waals surface area contributed by atoms with Gasteiger partial charge in [-0.2, -0.15) is 0 Å². The topological polar surface area (TPSA) is 80.2 Å². The number of unbranched alkanes of at least 4 members (excludes halogenated alkanes) is 13. The summed E-state index contributed by atoms with van der Waals surface area (Å²) in [5.41, 5.74) is 2.10. The van der Waals surface area contributed by atoms with Crippen LogP contribution in [0.2, 0.25) is 0 Å². The molecule has 0 aliphatic carbocycles. The molecule has 0 aromatic heterocycles. The molecule has 0 aliphatic rings. The number of fused-ring (bicyclic) bond motifs is 1. The third-order valence-corrected chi connectivity index (χ3v) is 8.28. The molecule has 0 saturated carbocycles. The maximum Gasteiger partial charge on any atom is 0.437 e. The van der Waals surface area contributed by atoms with Crippen LogP contribution in [0.4, 0.5) is 10.5 Å². The van der Waals surface area contributed by atoms with Gasteiger partial charge in [0.2, 0.25) is 0 Å². The number of amides is 1. The summed E-state index contributed by atoms with van der Waals surface area (Å²) >= 11 is 0. The van der Waals surface area contributed by atoms with E-state index in [1.54, 1.807) is 12.1 Å². The lowest BCUT2D eigenvalue weighted by Gasteiger charge is -2.12. The van der Waals surface area contributed by atoms with Crippen molar-refractivity contribution in [3.63, 3.8) is 0 Å². The Balaban J connectivity index is 1.22. The summed E-state index contributed by atoms with van der Waals surface area (Å²) in [6.45, 7) is 2.88. The fourth-order valence-electron chi connectivity index (χ4n) is 5.70. The monoisotopic (exact) mass is 622 g/mol. The van der Waals surface area contributed by atoms with Crippen LogP contribution in [0.3, 0.4) is 0 Å². The molecule has 1 amide bonds. The van der Waals surface area contributed by atoms with Gasteiger partial charge in [-0.15, -0.1) is 0 Å². The quantitative estimate of drug-likeness (QED) is 0.0445. The molecule has 244 valence electrons. The molecular formula is C40H50N2O4. The summed E-state index contributed by atoms with van der Waals surface area (Å²) in [5, 5.41) is 19.8. The van der Waals surface area contributed by atoms with Gasteiger partial charge < -0.3 is 9.84 Å². The Morgan fingerprint density at radius 2 is 1.30 bits per heavy atom. The Bertz CT molecular complexity index is 1500. The van der Waals surface area contributed by atoms with Gasteiger partial charge in [-0.25, -0.2) is 4.79 Å². The number of hydrogen-bond acceptors (Lipinski definition) is 5. The summed E-state index contributed by atoms with van der Waals surface area (Å²) in [6, 6.07) is 27.9. The van der Waals surface area contributed by atoms with Gasteiger partial charge in [-0.05, 0) is 30.0 Å². The fraction of sp³-hybridized carbons (Fsp3) is 0.400. The molecule has 6 heteroatoms. The van der Waals surface area contributed by atoms with Crippen molar-refractivity contribution in [2.75, 3.05) is 11.9 Å². The van der Waals surface area contributed by atoms with E-state index in [0.29, 0.717) is 34.9 Å². The number of aromatic hydroxyl groups is 1. The molecule has 0 aliphatic heterocycles. The summed E-state index contributed by atoms with van der Waals surface area (Å²) in [7, 11) is 0. The van der Waals surface area contributed by atoms with Crippen molar-refractivity contribution in [2.45, 2.75) is 96.8 Å². The smallest absolute Gasteiger partial charge is 0.437 e. The maximum absolute atomic E-state index is 12.8. The van der Waals surface area contributed by atoms with Crippen LogP contribution in [-0.2, 0) is 4.84 Å². The van der Waals surface area contributed by atoms with E-state index in [1.807, 2.05) is 78.9 Å². The largest absolute Gasteiger partial charge is 0.507 e. The van der Waals surface area contributed by atoms with E-state index in [2.05, 4.69) is 17.4 Å². The molecule has 0 heterocycles. The second kappa shape index (κ2) is 19.9. The normalized spacial score (nSPS) is 11.5. The average Bonchev–Trinajstić information content (AvgIpc) is 3.08. The van der Waals surface area contributed by atoms with Crippen LogP contribution >= 0.6 is 0 Å². The Labute approximate surface area is 274 Å². The number of hydrogen-bond donors (Lipinski definition) is 2. The lowest BCUT2D eigenvalue weighted by Crippen LogP contribution is -2.13. The van der Waals surface area contributed by atoms with Crippen LogP contribution in [0.5, 0.6) is 11.5 Å². The minimum atomic E-state index is -0.725. The van der Waals surface area contributed by atoms with E-state index < -0.39 is 6.09 Å². The number of nitrogens with one attached hydrogen (secondary N) is 1. The number of nitrogens with zero attached hydrogens (tertiary/aromatic N) is 1. The minimum Gasteiger partial charge on any atom is -0.507 e. The molecule has 0 spiro atoms. The van der Waals surface area contributed by atoms with E-state index in [0.717, 1.165) is 23.6 Å². The van der Waals surface area contributed by atoms with E-state index in [1.165, 1.54) is 77.0 Å². The second-order valence-corrected chi connectivity index (χ2v) is 12.0. The van der Waals surface area contributed by atoms with Crippen molar-refractivity contribution in [3.8, 4) is 11.5 Å². The number of phenolic OH excluding ortho intramolecular Hbond substituents is 1. The summed E-state index contributed by atoms with van der Waals surface area (Å²) in [5.74, 6) is 0.595. The highest BCUT2D eigenvalue weighted by Crippen LogP contribution is 2.28. The number of oxime groups is 1. The number of benzene rings is 4. The predicted molar refractivity (Wildman–Crippen MR) is 190 cm³/mol. The highest BCUT2D eigenvalue weighted by atomic mass is 16.7. The predicted octanol–water partition coefficient (Wildman–Crippen LogP) is 11.4. The Morgan fingerprint density at radius 3 is 1.98 bits per heavy atom. The summed E-state index contributed by atoms with van der Waals surface area (Å²) in [4.78, 5) is 18.1. The Morgan fingerprint density at radius 1 is 0.696 bits per heavy atom. The van der Waals surface area contributed by atoms with Gasteiger partial charge in [0, 0.05) is 22.6 Å². The van der Waals surface area contributed by atoms with Gasteiger partial charge in [-0.3, -0.25) is 10.2 Å². The number of anilines is 1. The number of carbonyl (C=O) groups is 1. The lowest BCUT2D eigenvalue weighted by molar-refractivity contribution is 0.166. The Kier molecular flexibility index (Phi) is 15.0. The van der Waals surface area contributed by atoms with Crippen molar-refractivity contribution >= 4 is 28.3 Å². The number of carbonyl (C=O) groups excluding carboxylic acids is 1. The first-order valence-electron chi connectivity index (χ1n) is 17.2. The molecule has 0 atom stereocenters. The molecule has 0 fully saturated rings. The highest BCUT2D eigenvalue weighted by Gasteiger charge is 2.15. The van der Waals surface area contributed by atoms with Crippen molar-refractivity contribution in [3.05, 3.63) is 102 Å². The van der Waals surface area contributed by atoms with Gasteiger partial charge in [0.25, 0.3) is 0 Å². The molecule has 46 heavy (non-hydrogen) atoms. The summed E-state index contributed by atoms with van der Waals surface area (Å²) < 4.78 is 5.94. The van der Waals surface area contributed by atoms with E-state index in [-0.39, 0.29) is 5.75 Å². The first kappa shape index (κ1) is 34.6. The molecule has 6 nitrogen and oxygen atoms in total. The Hall–Kier alpha value is -4.32. The molecule has 0 radical (unpaired) electrons. The zero-order valence-electron chi connectivity index (χ0n) is 27.4. The van der Waals surface area contributed by atoms with Crippen LogP contribution in [-0.4, -0.2) is 23.5 Å². The standard InChI is InChI=1S/C40H50N2O4/c1-2-3-4-5-6-7-8-9-10-11-12-13-14-20-30-45-34-28-29-36(38(43)31-34)39(33-23-16-15-17-24-33)42-46-40(44)41-37-27-21-25-32-22-18-19-26-35(32)37/h15-19,21-29,31,43H,2-14,20,30H2,1H3,(H,41,44). The van der Waals surface area contributed by atoms with Crippen LogP contribution in [0.1, 0.15) is 108 Å². The molecule has 4 rings (SSSR count). The van der Waals surface area contributed by atoms with Crippen LogP contribution in [0.15, 0.2) is 96.2 Å². The molecule has 2 N–H and O–H groups in total. The van der Waals surface area contributed by atoms with E-state index in [9.17, 15) is 9.90 Å². The third-order valence-electron chi connectivity index (χ3n) is 8.28. The van der Waals surface area contributed by atoms with Crippen LogP contribution in [0.25, 0.3) is 10.8 Å². The zero-order valence-corrected chi connectivity index (χ0v) is 27.4. The first-order valence-corrected chi connectivity index (χ1v) is 17.2. The van der Waals surface area contributed by atoms with Crippen molar-refractivity contribution in [1.82, 2.24) is 0 Å². The minimum absolute atomic E-state index is 0.000811. The molecule has 0 saturated heterocycles.